The Labute approximate surface area is 188 Å². The largest absolute Gasteiger partial charge is 0.384 e. The summed E-state index contributed by atoms with van der Waals surface area (Å²) >= 11 is 0. The second kappa shape index (κ2) is 10.3. The van der Waals surface area contributed by atoms with Crippen LogP contribution in [0.3, 0.4) is 0 Å². The first-order chi connectivity index (χ1) is 15.7. The first-order valence-corrected chi connectivity index (χ1v) is 11.6. The molecular weight excluding hydrogens is 398 g/mol. The number of benzene rings is 2. The van der Waals surface area contributed by atoms with Crippen LogP contribution in [0.1, 0.15) is 61.4 Å². The van der Waals surface area contributed by atoms with Crippen LogP contribution in [0.25, 0.3) is 22.2 Å². The molecule has 0 aliphatic rings. The molecule has 4 rings (SSSR count). The van der Waals surface area contributed by atoms with Gasteiger partial charge in [-0.2, -0.15) is 0 Å². The third-order valence-electron chi connectivity index (χ3n) is 5.82. The molecule has 0 atom stereocenters. The number of rotatable bonds is 10. The number of para-hydroxylation sites is 2. The molecule has 32 heavy (non-hydrogen) atoms. The monoisotopic (exact) mass is 429 g/mol. The third-order valence-corrected chi connectivity index (χ3v) is 5.82. The van der Waals surface area contributed by atoms with Gasteiger partial charge in [0.1, 0.15) is 16.9 Å². The van der Waals surface area contributed by atoms with Gasteiger partial charge >= 0.3 is 0 Å². The molecule has 0 aliphatic heterocycles. The lowest BCUT2D eigenvalue weighted by Crippen LogP contribution is -2.25. The number of anilines is 1. The van der Waals surface area contributed by atoms with Crippen LogP contribution < -0.4 is 11.1 Å². The Balaban J connectivity index is 1.63. The van der Waals surface area contributed by atoms with E-state index in [0.29, 0.717) is 35.6 Å². The van der Waals surface area contributed by atoms with Crippen molar-refractivity contribution in [3.63, 3.8) is 0 Å². The Bertz CT molecular complexity index is 1200. The summed E-state index contributed by atoms with van der Waals surface area (Å²) in [5.41, 5.74) is 10.8. The molecule has 0 spiro atoms. The number of hydrogen-bond donors (Lipinski definition) is 2. The molecule has 3 N–H and O–H groups in total. The zero-order valence-electron chi connectivity index (χ0n) is 18.7. The van der Waals surface area contributed by atoms with Crippen molar-refractivity contribution in [3.8, 4) is 0 Å². The minimum Gasteiger partial charge on any atom is -0.384 e. The Hall–Kier alpha value is -3.41. The standard InChI is InChI=1S/C26H31N5O/c1-2-3-4-5-6-12-17-28-26(32)22-23-25(30-21-16-11-10-15-20(21)29-23)31(24(22)27)18-19-13-8-7-9-14-19/h7-11,13-16H,2-6,12,17-18,27H2,1H3,(H,28,32). The second-order valence-corrected chi connectivity index (χ2v) is 8.24. The topological polar surface area (TPSA) is 85.8 Å². The van der Waals surface area contributed by atoms with E-state index in [2.05, 4.69) is 12.2 Å². The lowest BCUT2D eigenvalue weighted by molar-refractivity contribution is 0.0955. The fraction of sp³-hybridized carbons (Fsp3) is 0.346. The number of nitrogens with zero attached hydrogens (tertiary/aromatic N) is 3. The summed E-state index contributed by atoms with van der Waals surface area (Å²) in [6, 6.07) is 17.7. The van der Waals surface area contributed by atoms with Crippen molar-refractivity contribution < 1.29 is 4.79 Å². The number of nitrogens with one attached hydrogen (secondary N) is 1. The highest BCUT2D eigenvalue weighted by Crippen LogP contribution is 2.28. The first kappa shape index (κ1) is 21.8. The van der Waals surface area contributed by atoms with Gasteiger partial charge in [-0.15, -0.1) is 0 Å². The zero-order chi connectivity index (χ0) is 22.3. The molecule has 0 aliphatic carbocycles. The van der Waals surface area contributed by atoms with E-state index >= 15 is 0 Å². The van der Waals surface area contributed by atoms with E-state index in [1.165, 1.54) is 25.7 Å². The van der Waals surface area contributed by atoms with E-state index in [-0.39, 0.29) is 5.91 Å². The Kier molecular flexibility index (Phi) is 7.00. The molecule has 2 aromatic heterocycles. The fourth-order valence-electron chi connectivity index (χ4n) is 4.06. The zero-order valence-corrected chi connectivity index (χ0v) is 18.7. The minimum absolute atomic E-state index is 0.183. The number of carbonyl (C=O) groups is 1. The van der Waals surface area contributed by atoms with Crippen LogP contribution in [0.5, 0.6) is 0 Å². The van der Waals surface area contributed by atoms with Gasteiger partial charge in [0.15, 0.2) is 5.65 Å². The van der Waals surface area contributed by atoms with E-state index in [1.807, 2.05) is 59.2 Å². The van der Waals surface area contributed by atoms with Gasteiger partial charge in [-0.05, 0) is 24.1 Å². The van der Waals surface area contributed by atoms with Gasteiger partial charge in [-0.25, -0.2) is 9.97 Å². The van der Waals surface area contributed by atoms with Gasteiger partial charge in [-0.3, -0.25) is 4.79 Å². The molecule has 0 saturated heterocycles. The lowest BCUT2D eigenvalue weighted by Gasteiger charge is -2.08. The van der Waals surface area contributed by atoms with Gasteiger partial charge in [0.2, 0.25) is 0 Å². The molecule has 6 nitrogen and oxygen atoms in total. The highest BCUT2D eigenvalue weighted by molar-refractivity contribution is 6.10. The molecule has 6 heteroatoms. The Morgan fingerprint density at radius 3 is 2.31 bits per heavy atom. The molecule has 0 bridgehead atoms. The van der Waals surface area contributed by atoms with Crippen molar-refractivity contribution in [2.75, 3.05) is 12.3 Å². The number of aromatic nitrogens is 3. The average Bonchev–Trinajstić information content (AvgIpc) is 3.08. The molecular formula is C26H31N5O. The molecule has 2 aromatic carbocycles. The van der Waals surface area contributed by atoms with Gasteiger partial charge in [-0.1, -0.05) is 81.5 Å². The molecule has 0 unspecified atom stereocenters. The third kappa shape index (κ3) is 4.74. The predicted molar refractivity (Wildman–Crippen MR) is 131 cm³/mol. The Morgan fingerprint density at radius 1 is 0.906 bits per heavy atom. The molecule has 0 saturated carbocycles. The molecule has 166 valence electrons. The van der Waals surface area contributed by atoms with Crippen LogP contribution in [-0.2, 0) is 6.54 Å². The van der Waals surface area contributed by atoms with Gasteiger partial charge in [0, 0.05) is 6.54 Å². The second-order valence-electron chi connectivity index (χ2n) is 8.24. The molecule has 0 fully saturated rings. The Morgan fingerprint density at radius 2 is 1.56 bits per heavy atom. The van der Waals surface area contributed by atoms with E-state index in [4.69, 9.17) is 15.7 Å². The summed E-state index contributed by atoms with van der Waals surface area (Å²) in [5, 5.41) is 3.05. The predicted octanol–water partition coefficient (Wildman–Crippen LogP) is 5.31. The lowest BCUT2D eigenvalue weighted by atomic mass is 10.1. The maximum absolute atomic E-state index is 13.1. The summed E-state index contributed by atoms with van der Waals surface area (Å²) in [6.45, 7) is 3.38. The number of hydrogen-bond acceptors (Lipinski definition) is 4. The molecule has 0 radical (unpaired) electrons. The molecule has 2 heterocycles. The normalized spacial score (nSPS) is 11.3. The van der Waals surface area contributed by atoms with Crippen LogP contribution in [0.15, 0.2) is 54.6 Å². The summed E-state index contributed by atoms with van der Waals surface area (Å²) in [4.78, 5) is 22.7. The van der Waals surface area contributed by atoms with Crippen molar-refractivity contribution in [1.82, 2.24) is 19.9 Å². The number of carbonyl (C=O) groups excluding carboxylic acids is 1. The maximum Gasteiger partial charge on any atom is 0.257 e. The quantitative estimate of drug-likeness (QED) is 0.335. The summed E-state index contributed by atoms with van der Waals surface area (Å²) < 4.78 is 1.89. The minimum atomic E-state index is -0.183. The summed E-state index contributed by atoms with van der Waals surface area (Å²) in [6.07, 6.45) is 7.06. The summed E-state index contributed by atoms with van der Waals surface area (Å²) in [7, 11) is 0. The van der Waals surface area contributed by atoms with E-state index in [0.717, 1.165) is 29.4 Å². The number of unbranched alkanes of at least 4 members (excludes halogenated alkanes) is 5. The van der Waals surface area contributed by atoms with Crippen molar-refractivity contribution in [1.29, 1.82) is 0 Å². The summed E-state index contributed by atoms with van der Waals surface area (Å²) in [5.74, 6) is 0.219. The van der Waals surface area contributed by atoms with Crippen LogP contribution in [0.4, 0.5) is 5.82 Å². The average molecular weight is 430 g/mol. The van der Waals surface area contributed by atoms with Crippen LogP contribution in [-0.4, -0.2) is 27.0 Å². The van der Waals surface area contributed by atoms with Crippen LogP contribution in [0, 0.1) is 0 Å². The van der Waals surface area contributed by atoms with Crippen molar-refractivity contribution in [3.05, 3.63) is 65.7 Å². The highest BCUT2D eigenvalue weighted by Gasteiger charge is 2.23. The van der Waals surface area contributed by atoms with E-state index < -0.39 is 0 Å². The van der Waals surface area contributed by atoms with Crippen LogP contribution in [0.2, 0.25) is 0 Å². The van der Waals surface area contributed by atoms with Crippen molar-refractivity contribution in [2.24, 2.45) is 0 Å². The van der Waals surface area contributed by atoms with Crippen LogP contribution >= 0.6 is 0 Å². The number of nitrogen functional groups attached to an aromatic ring is 1. The maximum atomic E-state index is 13.1. The van der Waals surface area contributed by atoms with Gasteiger partial charge in [0.25, 0.3) is 5.91 Å². The van der Waals surface area contributed by atoms with Crippen molar-refractivity contribution >= 4 is 33.9 Å². The van der Waals surface area contributed by atoms with Gasteiger partial charge in [0.05, 0.1) is 17.6 Å². The highest BCUT2D eigenvalue weighted by atomic mass is 16.1. The van der Waals surface area contributed by atoms with E-state index in [9.17, 15) is 4.79 Å². The molecule has 1 amide bonds. The number of fused-ring (bicyclic) bond motifs is 2. The number of nitrogens with two attached hydrogens (primary N) is 1. The smallest absolute Gasteiger partial charge is 0.257 e. The molecule has 4 aromatic rings. The first-order valence-electron chi connectivity index (χ1n) is 11.6. The van der Waals surface area contributed by atoms with Crippen molar-refractivity contribution in [2.45, 2.75) is 52.0 Å². The SMILES string of the molecule is CCCCCCCCNC(=O)c1c(N)n(Cc2ccccc2)c2nc3ccccc3nc12. The fourth-order valence-corrected chi connectivity index (χ4v) is 4.06. The van der Waals surface area contributed by atoms with E-state index in [1.54, 1.807) is 0 Å². The number of amides is 1. The van der Waals surface area contributed by atoms with Gasteiger partial charge < -0.3 is 15.6 Å².